The molecule has 0 aliphatic rings. The molecule has 0 heterocycles. The van der Waals surface area contributed by atoms with Crippen LogP contribution in [0.4, 0.5) is 0 Å². The average molecular weight is 623 g/mol. The summed E-state index contributed by atoms with van der Waals surface area (Å²) in [6, 6.07) is 5.34. The zero-order valence-electron chi connectivity index (χ0n) is 27.4. The Morgan fingerprint density at radius 3 is 1.48 bits per heavy atom. The summed E-state index contributed by atoms with van der Waals surface area (Å²) >= 11 is 0. The standard InChI is InChI=1S/C35H58O9/c1-3-33(37)42-26-18-12-7-5-10-16-24-40-30-21-22-32(31(29-30)35(39)44-28-20-14-9-15-23-36)41-25-17-11-6-8-13-19-27-43-34(38)4-2/h21-22,29,36H,3-20,23-28H2,1-2H3. The fraction of sp³-hybridized carbons (Fsp3) is 0.743. The van der Waals surface area contributed by atoms with Gasteiger partial charge in [0.2, 0.25) is 0 Å². The second-order valence-electron chi connectivity index (χ2n) is 11.0. The van der Waals surface area contributed by atoms with Gasteiger partial charge in [0, 0.05) is 19.4 Å². The summed E-state index contributed by atoms with van der Waals surface area (Å²) in [5.41, 5.74) is 0.378. The minimum atomic E-state index is -0.416. The van der Waals surface area contributed by atoms with Gasteiger partial charge in [0.25, 0.3) is 0 Å². The highest BCUT2D eigenvalue weighted by Gasteiger charge is 2.16. The second kappa shape index (κ2) is 27.7. The van der Waals surface area contributed by atoms with Crippen molar-refractivity contribution in [3.63, 3.8) is 0 Å². The van der Waals surface area contributed by atoms with Crippen LogP contribution in [-0.2, 0) is 23.8 Å². The van der Waals surface area contributed by atoms with Gasteiger partial charge in [-0.05, 0) is 63.1 Å². The molecule has 0 bridgehead atoms. The average Bonchev–Trinajstić information content (AvgIpc) is 3.04. The fourth-order valence-corrected chi connectivity index (χ4v) is 4.47. The van der Waals surface area contributed by atoms with Gasteiger partial charge in [-0.25, -0.2) is 4.79 Å². The first-order chi connectivity index (χ1) is 21.5. The van der Waals surface area contributed by atoms with Crippen LogP contribution in [0.2, 0.25) is 0 Å². The molecule has 0 aliphatic heterocycles. The van der Waals surface area contributed by atoms with Crippen LogP contribution in [0.5, 0.6) is 11.5 Å². The quantitative estimate of drug-likeness (QED) is 0.0544. The molecule has 0 spiro atoms. The van der Waals surface area contributed by atoms with Gasteiger partial charge >= 0.3 is 17.9 Å². The van der Waals surface area contributed by atoms with Gasteiger partial charge in [-0.2, -0.15) is 0 Å². The smallest absolute Gasteiger partial charge is 0.342 e. The van der Waals surface area contributed by atoms with Crippen molar-refractivity contribution in [3.05, 3.63) is 23.8 Å². The Labute approximate surface area is 265 Å². The highest BCUT2D eigenvalue weighted by Crippen LogP contribution is 2.26. The molecule has 9 nitrogen and oxygen atoms in total. The summed E-state index contributed by atoms with van der Waals surface area (Å²) in [6.07, 6.45) is 16.3. The van der Waals surface area contributed by atoms with Crippen LogP contribution in [0.25, 0.3) is 0 Å². The second-order valence-corrected chi connectivity index (χ2v) is 11.0. The van der Waals surface area contributed by atoms with Crippen molar-refractivity contribution in [1.29, 1.82) is 0 Å². The molecule has 0 saturated carbocycles. The molecule has 0 saturated heterocycles. The molecular weight excluding hydrogens is 564 g/mol. The van der Waals surface area contributed by atoms with Crippen molar-refractivity contribution in [2.75, 3.05) is 39.6 Å². The molecule has 252 valence electrons. The molecular formula is C35H58O9. The van der Waals surface area contributed by atoms with Crippen molar-refractivity contribution in [2.45, 2.75) is 129 Å². The van der Waals surface area contributed by atoms with Crippen LogP contribution in [0.15, 0.2) is 18.2 Å². The number of carbonyl (C=O) groups excluding carboxylic acids is 3. The molecule has 0 aromatic heterocycles. The van der Waals surface area contributed by atoms with Crippen molar-refractivity contribution in [2.24, 2.45) is 0 Å². The molecule has 0 radical (unpaired) electrons. The zero-order valence-corrected chi connectivity index (χ0v) is 27.4. The Morgan fingerprint density at radius 2 is 0.977 bits per heavy atom. The monoisotopic (exact) mass is 622 g/mol. The molecule has 1 rings (SSSR count). The van der Waals surface area contributed by atoms with E-state index in [0.717, 1.165) is 103 Å². The Hall–Kier alpha value is -2.81. The summed E-state index contributed by atoms with van der Waals surface area (Å²) in [6.45, 7) is 6.18. The molecule has 44 heavy (non-hydrogen) atoms. The zero-order chi connectivity index (χ0) is 32.1. The first-order valence-corrected chi connectivity index (χ1v) is 17.0. The number of esters is 3. The van der Waals surface area contributed by atoms with E-state index >= 15 is 0 Å². The number of carbonyl (C=O) groups is 3. The number of aliphatic hydroxyl groups is 1. The maximum absolute atomic E-state index is 12.9. The number of ether oxygens (including phenoxy) is 5. The normalized spacial score (nSPS) is 10.8. The Balaban J connectivity index is 2.42. The molecule has 1 N–H and O–H groups in total. The number of rotatable bonds is 29. The van der Waals surface area contributed by atoms with Gasteiger partial charge in [0.1, 0.15) is 17.1 Å². The van der Waals surface area contributed by atoms with Crippen LogP contribution >= 0.6 is 0 Å². The lowest BCUT2D eigenvalue weighted by atomic mass is 10.1. The summed E-state index contributed by atoms with van der Waals surface area (Å²) in [7, 11) is 0. The lowest BCUT2D eigenvalue weighted by Gasteiger charge is -2.14. The van der Waals surface area contributed by atoms with Crippen molar-refractivity contribution < 1.29 is 43.2 Å². The minimum Gasteiger partial charge on any atom is -0.494 e. The Morgan fingerprint density at radius 1 is 0.545 bits per heavy atom. The van der Waals surface area contributed by atoms with Gasteiger partial charge in [-0.1, -0.05) is 71.6 Å². The van der Waals surface area contributed by atoms with Gasteiger partial charge in [0.05, 0.1) is 33.0 Å². The van der Waals surface area contributed by atoms with E-state index in [9.17, 15) is 14.4 Å². The molecule has 1 aromatic rings. The van der Waals surface area contributed by atoms with Gasteiger partial charge < -0.3 is 28.8 Å². The van der Waals surface area contributed by atoms with Crippen LogP contribution in [-0.4, -0.2) is 62.7 Å². The van der Waals surface area contributed by atoms with Crippen molar-refractivity contribution in [3.8, 4) is 11.5 Å². The number of unbranched alkanes of at least 4 members (excludes halogenated alkanes) is 13. The molecule has 9 heteroatoms. The number of aliphatic hydroxyl groups excluding tert-OH is 1. The first kappa shape index (κ1) is 39.2. The minimum absolute atomic E-state index is 0.139. The van der Waals surface area contributed by atoms with E-state index in [1.807, 2.05) is 6.07 Å². The number of hydrogen-bond donors (Lipinski definition) is 1. The van der Waals surface area contributed by atoms with Crippen LogP contribution < -0.4 is 9.47 Å². The number of benzene rings is 1. The highest BCUT2D eigenvalue weighted by molar-refractivity contribution is 5.93. The highest BCUT2D eigenvalue weighted by atomic mass is 16.5. The first-order valence-electron chi connectivity index (χ1n) is 17.0. The van der Waals surface area contributed by atoms with E-state index < -0.39 is 5.97 Å². The summed E-state index contributed by atoms with van der Waals surface area (Å²) in [5, 5.41) is 8.93. The predicted octanol–water partition coefficient (Wildman–Crippen LogP) is 7.74. The van der Waals surface area contributed by atoms with Crippen LogP contribution in [0, 0.1) is 0 Å². The molecule has 0 amide bonds. The summed E-state index contributed by atoms with van der Waals surface area (Å²) in [5.74, 6) is 0.427. The fourth-order valence-electron chi connectivity index (χ4n) is 4.47. The van der Waals surface area contributed by atoms with E-state index in [0.29, 0.717) is 62.9 Å². The third-order valence-electron chi connectivity index (χ3n) is 7.16. The van der Waals surface area contributed by atoms with Crippen molar-refractivity contribution >= 4 is 17.9 Å². The molecule has 0 atom stereocenters. The molecule has 0 unspecified atom stereocenters. The summed E-state index contributed by atoms with van der Waals surface area (Å²) < 4.78 is 27.7. The van der Waals surface area contributed by atoms with Crippen LogP contribution in [0.3, 0.4) is 0 Å². The molecule has 0 fully saturated rings. The van der Waals surface area contributed by atoms with Crippen molar-refractivity contribution in [1.82, 2.24) is 0 Å². The Kier molecular flexibility index (Phi) is 24.7. The van der Waals surface area contributed by atoms with E-state index in [1.165, 1.54) is 0 Å². The van der Waals surface area contributed by atoms with E-state index in [2.05, 4.69) is 0 Å². The van der Waals surface area contributed by atoms with E-state index in [4.69, 9.17) is 28.8 Å². The number of hydrogen-bond acceptors (Lipinski definition) is 9. The maximum atomic E-state index is 12.9. The lowest BCUT2D eigenvalue weighted by molar-refractivity contribution is -0.144. The Bertz CT molecular complexity index is 887. The topological polar surface area (TPSA) is 118 Å². The van der Waals surface area contributed by atoms with Gasteiger partial charge in [-0.3, -0.25) is 9.59 Å². The molecule has 1 aromatic carbocycles. The maximum Gasteiger partial charge on any atom is 0.342 e. The molecule has 0 aliphatic carbocycles. The predicted molar refractivity (Wildman–Crippen MR) is 171 cm³/mol. The third-order valence-corrected chi connectivity index (χ3v) is 7.16. The largest absolute Gasteiger partial charge is 0.494 e. The van der Waals surface area contributed by atoms with Gasteiger partial charge in [0.15, 0.2) is 0 Å². The van der Waals surface area contributed by atoms with Gasteiger partial charge in [-0.15, -0.1) is 0 Å². The summed E-state index contributed by atoms with van der Waals surface area (Å²) in [4.78, 5) is 35.3. The third kappa shape index (κ3) is 21.0. The SMILES string of the molecule is CCC(=O)OCCCCCCCCOc1ccc(OCCCCCCCCOC(=O)CC)c(C(=O)OCCCCCCO)c1. The van der Waals surface area contributed by atoms with E-state index in [1.54, 1.807) is 26.0 Å². The van der Waals surface area contributed by atoms with E-state index in [-0.39, 0.29) is 18.5 Å². The lowest BCUT2D eigenvalue weighted by Crippen LogP contribution is -2.10. The van der Waals surface area contributed by atoms with Crippen LogP contribution in [0.1, 0.15) is 140 Å².